The first kappa shape index (κ1) is 10.9. The Morgan fingerprint density at radius 2 is 2.00 bits per heavy atom. The van der Waals surface area contributed by atoms with Crippen molar-refractivity contribution in [2.45, 2.75) is 11.5 Å². The van der Waals surface area contributed by atoms with Crippen molar-refractivity contribution in [3.8, 4) is 11.4 Å². The van der Waals surface area contributed by atoms with Crippen molar-refractivity contribution in [3.05, 3.63) is 50.9 Å². The quantitative estimate of drug-likeness (QED) is 0.862. The van der Waals surface area contributed by atoms with Gasteiger partial charge in [0.15, 0.2) is 0 Å². The topological polar surface area (TPSA) is 45.8 Å². The zero-order chi connectivity index (χ0) is 11.8. The van der Waals surface area contributed by atoms with Crippen LogP contribution < -0.4 is 5.56 Å². The average molecular weight is 265 g/mol. The maximum atomic E-state index is 11.8. The van der Waals surface area contributed by atoms with Crippen LogP contribution in [0.2, 0.25) is 5.02 Å². The van der Waals surface area contributed by atoms with E-state index in [-0.39, 0.29) is 5.56 Å². The van der Waals surface area contributed by atoms with Crippen LogP contribution in [-0.4, -0.2) is 9.97 Å². The fourth-order valence-corrected chi connectivity index (χ4v) is 2.97. The summed E-state index contributed by atoms with van der Waals surface area (Å²) in [5, 5.41) is 0.674. The molecule has 0 unspecified atom stereocenters. The van der Waals surface area contributed by atoms with Crippen LogP contribution in [0.3, 0.4) is 0 Å². The summed E-state index contributed by atoms with van der Waals surface area (Å²) < 4.78 is 0. The Balaban J connectivity index is 2.13. The van der Waals surface area contributed by atoms with Crippen LogP contribution in [-0.2, 0) is 11.5 Å². The number of thioether (sulfide) groups is 1. The third-order valence-electron chi connectivity index (χ3n) is 2.70. The number of rotatable bonds is 1. The van der Waals surface area contributed by atoms with Crippen molar-refractivity contribution in [3.63, 3.8) is 0 Å². The zero-order valence-corrected chi connectivity index (χ0v) is 10.4. The van der Waals surface area contributed by atoms with Crippen molar-refractivity contribution in [2.75, 3.05) is 0 Å². The summed E-state index contributed by atoms with van der Waals surface area (Å²) in [6.07, 6.45) is 0. The predicted octanol–water partition coefficient (Wildman–Crippen LogP) is 2.84. The molecule has 5 heteroatoms. The number of H-pyrrole nitrogens is 1. The number of fused-ring (bicyclic) bond motifs is 1. The van der Waals surface area contributed by atoms with E-state index in [1.165, 1.54) is 0 Å². The highest BCUT2D eigenvalue weighted by Crippen LogP contribution is 2.27. The maximum absolute atomic E-state index is 11.8. The van der Waals surface area contributed by atoms with Crippen molar-refractivity contribution < 1.29 is 0 Å². The van der Waals surface area contributed by atoms with Crippen LogP contribution >= 0.6 is 23.4 Å². The molecule has 0 saturated heterocycles. The number of benzene rings is 1. The second-order valence-electron chi connectivity index (χ2n) is 3.84. The minimum absolute atomic E-state index is 0.0232. The molecule has 1 aliphatic rings. The fourth-order valence-electron chi connectivity index (χ4n) is 1.81. The number of hydrogen-bond donors (Lipinski definition) is 1. The molecule has 86 valence electrons. The Hall–Kier alpha value is -1.26. The van der Waals surface area contributed by atoms with Gasteiger partial charge in [0.05, 0.1) is 5.69 Å². The van der Waals surface area contributed by atoms with Gasteiger partial charge in [-0.2, -0.15) is 11.8 Å². The van der Waals surface area contributed by atoms with Gasteiger partial charge in [0.1, 0.15) is 5.82 Å². The molecule has 2 aromatic rings. The number of aromatic amines is 1. The van der Waals surface area contributed by atoms with Gasteiger partial charge in [0.25, 0.3) is 5.56 Å². The number of nitrogens with zero attached hydrogens (tertiary/aromatic N) is 1. The van der Waals surface area contributed by atoms with Crippen molar-refractivity contribution in [1.29, 1.82) is 0 Å². The number of hydrogen-bond acceptors (Lipinski definition) is 3. The van der Waals surface area contributed by atoms with E-state index in [2.05, 4.69) is 9.97 Å². The summed E-state index contributed by atoms with van der Waals surface area (Å²) in [5.74, 6) is 2.20. The SMILES string of the molecule is O=c1[nH]c(-c2ccc(Cl)cc2)nc2c1CSC2. The second kappa shape index (κ2) is 4.20. The summed E-state index contributed by atoms with van der Waals surface area (Å²) in [5.41, 5.74) is 2.58. The monoisotopic (exact) mass is 264 g/mol. The molecule has 17 heavy (non-hydrogen) atoms. The van der Waals surface area contributed by atoms with Gasteiger partial charge in [-0.25, -0.2) is 4.98 Å². The van der Waals surface area contributed by atoms with E-state index in [1.54, 1.807) is 23.9 Å². The van der Waals surface area contributed by atoms with E-state index >= 15 is 0 Å². The van der Waals surface area contributed by atoms with Crippen molar-refractivity contribution in [1.82, 2.24) is 9.97 Å². The fraction of sp³-hybridized carbons (Fsp3) is 0.167. The lowest BCUT2D eigenvalue weighted by Gasteiger charge is -2.03. The standard InChI is InChI=1S/C12H9ClN2OS/c13-8-3-1-7(2-4-8)11-14-10-6-17-5-9(10)12(16)15-11/h1-4H,5-6H2,(H,14,15,16). The molecule has 0 fully saturated rings. The lowest BCUT2D eigenvalue weighted by Crippen LogP contribution is -2.15. The van der Waals surface area contributed by atoms with Gasteiger partial charge in [-0.1, -0.05) is 11.6 Å². The van der Waals surface area contributed by atoms with Crippen LogP contribution in [0.5, 0.6) is 0 Å². The van der Waals surface area contributed by atoms with Gasteiger partial charge < -0.3 is 4.98 Å². The Morgan fingerprint density at radius 1 is 1.24 bits per heavy atom. The Labute approximate surface area is 107 Å². The average Bonchev–Trinajstić information content (AvgIpc) is 2.78. The Morgan fingerprint density at radius 3 is 2.76 bits per heavy atom. The van der Waals surface area contributed by atoms with Gasteiger partial charge >= 0.3 is 0 Å². The number of nitrogens with one attached hydrogen (secondary N) is 1. The van der Waals surface area contributed by atoms with Crippen molar-refractivity contribution in [2.24, 2.45) is 0 Å². The first-order valence-corrected chi connectivity index (χ1v) is 6.73. The van der Waals surface area contributed by atoms with Crippen LogP contribution in [0.1, 0.15) is 11.3 Å². The molecule has 1 aromatic heterocycles. The van der Waals surface area contributed by atoms with E-state index in [4.69, 9.17) is 11.6 Å². The van der Waals surface area contributed by atoms with Gasteiger partial charge in [-0.05, 0) is 24.3 Å². The summed E-state index contributed by atoms with van der Waals surface area (Å²) >= 11 is 7.55. The predicted molar refractivity (Wildman–Crippen MR) is 70.3 cm³/mol. The van der Waals surface area contributed by atoms with Crippen LogP contribution in [0.15, 0.2) is 29.1 Å². The smallest absolute Gasteiger partial charge is 0.255 e. The first-order valence-electron chi connectivity index (χ1n) is 5.20. The normalized spacial score (nSPS) is 13.7. The molecular formula is C12H9ClN2OS. The highest BCUT2D eigenvalue weighted by molar-refractivity contribution is 7.98. The molecule has 3 nitrogen and oxygen atoms in total. The molecule has 0 aliphatic carbocycles. The summed E-state index contributed by atoms with van der Waals surface area (Å²) in [6.45, 7) is 0. The minimum Gasteiger partial charge on any atom is -0.306 e. The molecule has 0 bridgehead atoms. The molecule has 0 saturated carbocycles. The van der Waals surface area contributed by atoms with E-state index in [9.17, 15) is 4.79 Å². The van der Waals surface area contributed by atoms with E-state index in [0.29, 0.717) is 10.8 Å². The molecule has 0 atom stereocenters. The van der Waals surface area contributed by atoms with Crippen LogP contribution in [0.4, 0.5) is 0 Å². The minimum atomic E-state index is -0.0232. The maximum Gasteiger partial charge on any atom is 0.255 e. The lowest BCUT2D eigenvalue weighted by molar-refractivity contribution is 1.03. The third-order valence-corrected chi connectivity index (χ3v) is 3.93. The molecule has 1 N–H and O–H groups in total. The summed E-state index contributed by atoms with van der Waals surface area (Å²) in [7, 11) is 0. The van der Waals surface area contributed by atoms with Gasteiger partial charge in [0, 0.05) is 27.7 Å². The van der Waals surface area contributed by atoms with Crippen LogP contribution in [0, 0.1) is 0 Å². The molecular weight excluding hydrogens is 256 g/mol. The Kier molecular flexibility index (Phi) is 2.68. The van der Waals surface area contributed by atoms with Gasteiger partial charge in [-0.3, -0.25) is 4.79 Å². The van der Waals surface area contributed by atoms with Crippen LogP contribution in [0.25, 0.3) is 11.4 Å². The zero-order valence-electron chi connectivity index (χ0n) is 8.87. The molecule has 1 aromatic carbocycles. The molecule has 2 heterocycles. The summed E-state index contributed by atoms with van der Waals surface area (Å²) in [6, 6.07) is 7.29. The molecule has 3 rings (SSSR count). The highest BCUT2D eigenvalue weighted by Gasteiger charge is 2.17. The van der Waals surface area contributed by atoms with E-state index in [1.807, 2.05) is 12.1 Å². The highest BCUT2D eigenvalue weighted by atomic mass is 35.5. The molecule has 1 aliphatic heterocycles. The lowest BCUT2D eigenvalue weighted by atomic mass is 10.2. The largest absolute Gasteiger partial charge is 0.306 e. The number of aromatic nitrogens is 2. The summed E-state index contributed by atoms with van der Waals surface area (Å²) in [4.78, 5) is 19.2. The van der Waals surface area contributed by atoms with Gasteiger partial charge in [-0.15, -0.1) is 0 Å². The first-order chi connectivity index (χ1) is 8.24. The number of halogens is 1. The molecule has 0 spiro atoms. The molecule has 0 radical (unpaired) electrons. The van der Waals surface area contributed by atoms with Crippen molar-refractivity contribution >= 4 is 23.4 Å². The van der Waals surface area contributed by atoms with E-state index < -0.39 is 0 Å². The van der Waals surface area contributed by atoms with E-state index in [0.717, 1.165) is 28.3 Å². The molecule has 0 amide bonds. The Bertz CT molecular complexity index is 621. The van der Waals surface area contributed by atoms with Gasteiger partial charge in [0.2, 0.25) is 0 Å². The second-order valence-corrected chi connectivity index (χ2v) is 5.26. The third kappa shape index (κ3) is 1.98.